The number of benzene rings is 1. The smallest absolute Gasteiger partial charge is 0.335 e. The van der Waals surface area contributed by atoms with Gasteiger partial charge in [0.1, 0.15) is 0 Å². The maximum atomic E-state index is 12.2. The summed E-state index contributed by atoms with van der Waals surface area (Å²) < 4.78 is 5.42. The average molecular weight is 377 g/mol. The SMILES string of the molecule is CC(C)(C)CCCOC(=O)C1CCc2cc(C(=O)O)ccc2C1.CC(C)C. The molecular weight excluding hydrogens is 340 g/mol. The Balaban J connectivity index is 0.000000828. The van der Waals surface area contributed by atoms with Crippen molar-refractivity contribution in [1.29, 1.82) is 0 Å². The molecule has 0 saturated carbocycles. The molecule has 0 radical (unpaired) electrons. The topological polar surface area (TPSA) is 63.6 Å². The molecule has 4 heteroatoms. The van der Waals surface area contributed by atoms with Gasteiger partial charge in [-0.15, -0.1) is 0 Å². The number of carboxylic acids is 1. The third kappa shape index (κ3) is 9.07. The number of fused-ring (bicyclic) bond motifs is 1. The van der Waals surface area contributed by atoms with E-state index in [4.69, 9.17) is 9.84 Å². The van der Waals surface area contributed by atoms with Crippen molar-refractivity contribution in [2.75, 3.05) is 6.61 Å². The highest BCUT2D eigenvalue weighted by Gasteiger charge is 2.26. The van der Waals surface area contributed by atoms with Gasteiger partial charge in [-0.25, -0.2) is 4.79 Å². The van der Waals surface area contributed by atoms with Crippen LogP contribution in [-0.2, 0) is 22.4 Å². The predicted molar refractivity (Wildman–Crippen MR) is 109 cm³/mol. The van der Waals surface area contributed by atoms with Crippen LogP contribution in [0.15, 0.2) is 18.2 Å². The van der Waals surface area contributed by atoms with Gasteiger partial charge >= 0.3 is 11.9 Å². The van der Waals surface area contributed by atoms with E-state index in [0.717, 1.165) is 42.7 Å². The Morgan fingerprint density at radius 1 is 1.19 bits per heavy atom. The lowest BCUT2D eigenvalue weighted by Crippen LogP contribution is -2.25. The van der Waals surface area contributed by atoms with Gasteiger partial charge in [0.15, 0.2) is 0 Å². The molecule has 152 valence electrons. The summed E-state index contributed by atoms with van der Waals surface area (Å²) in [6, 6.07) is 5.17. The van der Waals surface area contributed by atoms with E-state index in [1.54, 1.807) is 12.1 Å². The molecule has 1 aromatic carbocycles. The first-order valence-corrected chi connectivity index (χ1v) is 10.0. The van der Waals surface area contributed by atoms with E-state index >= 15 is 0 Å². The Morgan fingerprint density at radius 2 is 1.81 bits per heavy atom. The monoisotopic (exact) mass is 376 g/mol. The van der Waals surface area contributed by atoms with Crippen LogP contribution >= 0.6 is 0 Å². The second kappa shape index (κ2) is 10.5. The maximum Gasteiger partial charge on any atom is 0.335 e. The standard InChI is InChI=1S/C19H26O4.C4H10/c1-19(2,3)9-4-10-23-18(22)16-8-6-13-11-15(17(20)21)7-5-14(13)12-16;1-4(2)3/h5,7,11,16H,4,6,8-10,12H2,1-3H3,(H,20,21);4H,1-3H3. The number of carboxylic acid groups (broad SMARTS) is 1. The number of carbonyl (C=O) groups excluding carboxylic acids is 1. The van der Waals surface area contributed by atoms with Crippen LogP contribution in [-0.4, -0.2) is 23.7 Å². The summed E-state index contributed by atoms with van der Waals surface area (Å²) >= 11 is 0. The second-order valence-electron chi connectivity index (χ2n) is 9.29. The fraction of sp³-hybridized carbons (Fsp3) is 0.652. The first-order valence-electron chi connectivity index (χ1n) is 10.0. The Labute approximate surface area is 164 Å². The van der Waals surface area contributed by atoms with Crippen LogP contribution in [0.3, 0.4) is 0 Å². The van der Waals surface area contributed by atoms with Crippen molar-refractivity contribution in [1.82, 2.24) is 0 Å². The van der Waals surface area contributed by atoms with Crippen molar-refractivity contribution in [2.24, 2.45) is 17.3 Å². The normalized spacial score (nSPS) is 16.2. The molecule has 0 heterocycles. The highest BCUT2D eigenvalue weighted by molar-refractivity contribution is 5.88. The summed E-state index contributed by atoms with van der Waals surface area (Å²) in [4.78, 5) is 23.2. The summed E-state index contributed by atoms with van der Waals surface area (Å²) in [5.41, 5.74) is 2.68. The van der Waals surface area contributed by atoms with Crippen molar-refractivity contribution in [3.05, 3.63) is 34.9 Å². The first-order chi connectivity index (χ1) is 12.5. The first kappa shape index (κ1) is 23.2. The van der Waals surface area contributed by atoms with Gasteiger partial charge in [0.25, 0.3) is 0 Å². The largest absolute Gasteiger partial charge is 0.478 e. The Hall–Kier alpha value is -1.84. The van der Waals surface area contributed by atoms with Crippen LogP contribution in [0.2, 0.25) is 0 Å². The summed E-state index contributed by atoms with van der Waals surface area (Å²) in [6.07, 6.45) is 4.03. The molecule has 0 fully saturated rings. The van der Waals surface area contributed by atoms with Crippen LogP contribution in [0.1, 0.15) is 82.3 Å². The van der Waals surface area contributed by atoms with Gasteiger partial charge in [0.05, 0.1) is 18.1 Å². The van der Waals surface area contributed by atoms with Crippen molar-refractivity contribution in [3.8, 4) is 0 Å². The van der Waals surface area contributed by atoms with Crippen molar-refractivity contribution < 1.29 is 19.4 Å². The average Bonchev–Trinajstić information content (AvgIpc) is 2.56. The van der Waals surface area contributed by atoms with Gasteiger partial charge in [-0.3, -0.25) is 4.79 Å². The fourth-order valence-electron chi connectivity index (χ4n) is 2.98. The second-order valence-corrected chi connectivity index (χ2v) is 9.29. The minimum atomic E-state index is -0.909. The Bertz CT molecular complexity index is 623. The molecule has 1 aliphatic rings. The minimum absolute atomic E-state index is 0.104. The van der Waals surface area contributed by atoms with Crippen molar-refractivity contribution >= 4 is 11.9 Å². The van der Waals surface area contributed by atoms with Gasteiger partial charge in [0.2, 0.25) is 0 Å². The van der Waals surface area contributed by atoms with Gasteiger partial charge in [0, 0.05) is 0 Å². The lowest BCUT2D eigenvalue weighted by atomic mass is 9.83. The molecule has 0 aromatic heterocycles. The van der Waals surface area contributed by atoms with Gasteiger partial charge < -0.3 is 9.84 Å². The summed E-state index contributed by atoms with van der Waals surface area (Å²) in [6.45, 7) is 13.5. The predicted octanol–water partition coefficient (Wildman–Crippen LogP) is 5.52. The number of aromatic carboxylic acids is 1. The minimum Gasteiger partial charge on any atom is -0.478 e. The van der Waals surface area contributed by atoms with Crippen LogP contribution in [0, 0.1) is 17.3 Å². The molecule has 0 saturated heterocycles. The number of hydrogen-bond acceptors (Lipinski definition) is 3. The molecule has 2 rings (SSSR count). The highest BCUT2D eigenvalue weighted by atomic mass is 16.5. The molecule has 1 aliphatic carbocycles. The number of hydrogen-bond donors (Lipinski definition) is 1. The quantitative estimate of drug-likeness (QED) is 0.543. The molecule has 0 aliphatic heterocycles. The van der Waals surface area contributed by atoms with E-state index in [9.17, 15) is 9.59 Å². The van der Waals surface area contributed by atoms with E-state index in [1.807, 2.05) is 6.07 Å². The number of ether oxygens (including phenoxy) is 1. The summed E-state index contributed by atoms with van der Waals surface area (Å²) in [5, 5.41) is 9.03. The van der Waals surface area contributed by atoms with Gasteiger partial charge in [-0.1, -0.05) is 47.6 Å². The van der Waals surface area contributed by atoms with E-state index in [1.165, 1.54) is 0 Å². The third-order valence-electron chi connectivity index (χ3n) is 4.33. The summed E-state index contributed by atoms with van der Waals surface area (Å²) in [7, 11) is 0. The molecule has 1 atom stereocenters. The zero-order chi connectivity index (χ0) is 20.6. The highest BCUT2D eigenvalue weighted by Crippen LogP contribution is 2.27. The number of aryl methyl sites for hydroxylation is 1. The molecule has 4 nitrogen and oxygen atoms in total. The van der Waals surface area contributed by atoms with E-state index in [2.05, 4.69) is 41.5 Å². The van der Waals surface area contributed by atoms with E-state index < -0.39 is 5.97 Å². The molecule has 0 spiro atoms. The molecule has 27 heavy (non-hydrogen) atoms. The van der Waals surface area contributed by atoms with Gasteiger partial charge in [-0.05, 0) is 66.7 Å². The zero-order valence-electron chi connectivity index (χ0n) is 17.8. The number of esters is 1. The fourth-order valence-corrected chi connectivity index (χ4v) is 2.98. The van der Waals surface area contributed by atoms with Crippen molar-refractivity contribution in [2.45, 2.75) is 73.6 Å². The zero-order valence-corrected chi connectivity index (χ0v) is 17.8. The molecule has 0 bridgehead atoms. The lowest BCUT2D eigenvalue weighted by molar-refractivity contribution is -0.149. The van der Waals surface area contributed by atoms with Crippen LogP contribution in [0.25, 0.3) is 0 Å². The summed E-state index contributed by atoms with van der Waals surface area (Å²) in [5.74, 6) is -0.298. The molecule has 1 aromatic rings. The number of rotatable bonds is 5. The molecule has 0 amide bonds. The Morgan fingerprint density at radius 3 is 2.37 bits per heavy atom. The van der Waals surface area contributed by atoms with E-state index in [0.29, 0.717) is 18.6 Å². The van der Waals surface area contributed by atoms with Crippen LogP contribution in [0.5, 0.6) is 0 Å². The van der Waals surface area contributed by atoms with Crippen LogP contribution < -0.4 is 0 Å². The molecular formula is C23H36O4. The maximum absolute atomic E-state index is 12.2. The van der Waals surface area contributed by atoms with Crippen molar-refractivity contribution in [3.63, 3.8) is 0 Å². The lowest BCUT2D eigenvalue weighted by Gasteiger charge is -2.24. The van der Waals surface area contributed by atoms with Crippen LogP contribution in [0.4, 0.5) is 0 Å². The van der Waals surface area contributed by atoms with E-state index in [-0.39, 0.29) is 17.3 Å². The molecule has 1 N–H and O–H groups in total. The third-order valence-corrected chi connectivity index (χ3v) is 4.33. The Kier molecular flexibility index (Phi) is 9.01. The number of carbonyl (C=O) groups is 2. The van der Waals surface area contributed by atoms with Gasteiger partial charge in [-0.2, -0.15) is 0 Å². The molecule has 1 unspecified atom stereocenters.